The van der Waals surface area contributed by atoms with E-state index in [0.29, 0.717) is 35.1 Å². The van der Waals surface area contributed by atoms with Gasteiger partial charge in [-0.05, 0) is 29.1 Å². The third-order valence-corrected chi connectivity index (χ3v) is 4.96. The van der Waals surface area contributed by atoms with Crippen LogP contribution in [0.25, 0.3) is 17.3 Å². The molecule has 0 spiro atoms. The predicted octanol–water partition coefficient (Wildman–Crippen LogP) is 0.700. The van der Waals surface area contributed by atoms with Crippen LogP contribution >= 0.6 is 0 Å². The summed E-state index contributed by atoms with van der Waals surface area (Å²) < 4.78 is 1.63. The Labute approximate surface area is 184 Å². The summed E-state index contributed by atoms with van der Waals surface area (Å²) in [6, 6.07) is 12.1. The Morgan fingerprint density at radius 2 is 1.97 bits per heavy atom. The second-order valence-electron chi connectivity index (χ2n) is 7.63. The van der Waals surface area contributed by atoms with E-state index in [1.165, 1.54) is 0 Å². The first kappa shape index (κ1) is 21.4. The average Bonchev–Trinajstić information content (AvgIpc) is 3.21. The maximum atomic E-state index is 11.7. The Balaban J connectivity index is 1.70. The number of nitrogens with two attached hydrogens (primary N) is 1. The van der Waals surface area contributed by atoms with E-state index < -0.39 is 13.0 Å². The molecule has 1 aromatic carbocycles. The fourth-order valence-corrected chi connectivity index (χ4v) is 3.27. The minimum atomic E-state index is -1.53. The largest absolute Gasteiger partial charge is 0.488 e. The van der Waals surface area contributed by atoms with Gasteiger partial charge in [-0.25, -0.2) is 9.97 Å². The summed E-state index contributed by atoms with van der Waals surface area (Å²) in [7, 11) is -1.53. The highest BCUT2D eigenvalue weighted by Crippen LogP contribution is 2.22. The van der Waals surface area contributed by atoms with E-state index >= 15 is 0 Å². The summed E-state index contributed by atoms with van der Waals surface area (Å²) >= 11 is 0. The van der Waals surface area contributed by atoms with E-state index in [9.17, 15) is 14.8 Å². The average molecular weight is 431 g/mol. The number of primary amides is 1. The van der Waals surface area contributed by atoms with Gasteiger partial charge in [0.05, 0.1) is 5.56 Å². The number of pyridine rings is 1. The number of hydrogen-bond acceptors (Lipinski definition) is 8. The van der Waals surface area contributed by atoms with Crippen LogP contribution in [-0.2, 0) is 6.54 Å². The third kappa shape index (κ3) is 4.29. The lowest BCUT2D eigenvalue weighted by Gasteiger charge is -2.12. The minimum Gasteiger partial charge on any atom is -0.423 e. The van der Waals surface area contributed by atoms with Gasteiger partial charge in [-0.15, -0.1) is 10.2 Å². The van der Waals surface area contributed by atoms with Crippen LogP contribution in [0.2, 0.25) is 0 Å². The smallest absolute Gasteiger partial charge is 0.423 e. The predicted molar refractivity (Wildman–Crippen MR) is 120 cm³/mol. The van der Waals surface area contributed by atoms with Crippen molar-refractivity contribution in [3.05, 3.63) is 65.5 Å². The number of carbonyl (C=O) groups is 1. The van der Waals surface area contributed by atoms with Crippen molar-refractivity contribution in [2.45, 2.75) is 26.3 Å². The molecule has 0 aliphatic heterocycles. The molecular formula is C21H22BN7O3. The Hall–Kier alpha value is -3.83. The molecule has 162 valence electrons. The molecule has 11 heteroatoms. The van der Waals surface area contributed by atoms with Crippen LogP contribution in [0, 0.1) is 0 Å². The van der Waals surface area contributed by atoms with Gasteiger partial charge in [-0.1, -0.05) is 38.1 Å². The number of nitrogens with one attached hydrogen (secondary N) is 1. The van der Waals surface area contributed by atoms with Gasteiger partial charge in [0.2, 0.25) is 5.82 Å². The van der Waals surface area contributed by atoms with Gasteiger partial charge < -0.3 is 21.1 Å². The first-order valence-electron chi connectivity index (χ1n) is 10.0. The molecule has 5 N–H and O–H groups in total. The number of fused-ring (bicyclic) bond motifs is 1. The number of anilines is 1. The molecule has 3 heterocycles. The van der Waals surface area contributed by atoms with Crippen molar-refractivity contribution in [2.75, 3.05) is 5.32 Å². The highest BCUT2D eigenvalue weighted by molar-refractivity contribution is 6.58. The Kier molecular flexibility index (Phi) is 5.84. The number of hydrogen-bond donors (Lipinski definition) is 4. The lowest BCUT2D eigenvalue weighted by atomic mass is 9.80. The van der Waals surface area contributed by atoms with E-state index in [0.717, 1.165) is 11.3 Å². The Bertz CT molecular complexity index is 1290. The second-order valence-corrected chi connectivity index (χ2v) is 7.63. The number of benzene rings is 1. The van der Waals surface area contributed by atoms with Crippen LogP contribution < -0.4 is 16.5 Å². The summed E-state index contributed by atoms with van der Waals surface area (Å²) in [6.07, 6.45) is 1.72. The molecule has 3 aromatic heterocycles. The second kappa shape index (κ2) is 8.73. The van der Waals surface area contributed by atoms with Gasteiger partial charge in [0.15, 0.2) is 11.5 Å². The SMILES string of the molecule is CC(C)c1cc(NCc2cccc(B(O)O)c2)nc(-c2nnc3c(C(N)=O)cccn23)n1. The normalized spacial score (nSPS) is 11.2. The molecule has 0 radical (unpaired) electrons. The zero-order valence-electron chi connectivity index (χ0n) is 17.6. The maximum absolute atomic E-state index is 11.7. The molecule has 0 fully saturated rings. The van der Waals surface area contributed by atoms with Crippen LogP contribution in [0.3, 0.4) is 0 Å². The fourth-order valence-electron chi connectivity index (χ4n) is 3.27. The summed E-state index contributed by atoms with van der Waals surface area (Å²) in [4.78, 5) is 20.9. The van der Waals surface area contributed by atoms with Crippen molar-refractivity contribution in [3.63, 3.8) is 0 Å². The highest BCUT2D eigenvalue weighted by atomic mass is 16.4. The number of nitrogens with zero attached hydrogens (tertiary/aromatic N) is 5. The molecule has 1 amide bonds. The zero-order valence-corrected chi connectivity index (χ0v) is 17.6. The topological polar surface area (TPSA) is 152 Å². The molecule has 0 saturated carbocycles. The number of carbonyl (C=O) groups excluding carboxylic acids is 1. The summed E-state index contributed by atoms with van der Waals surface area (Å²) in [5.74, 6) is 0.859. The Morgan fingerprint density at radius 3 is 2.69 bits per heavy atom. The standard InChI is InChI=1S/C21H22BN7O3/c1-12(2)16-10-17(24-11-13-5-3-6-14(9-13)22(31)32)26-19(25-16)21-28-27-20-15(18(23)30)7-4-8-29(20)21/h3-10,12,31-32H,11H2,1-2H3,(H2,23,30)(H,24,25,26). The quantitative estimate of drug-likeness (QED) is 0.312. The van der Waals surface area contributed by atoms with E-state index in [1.54, 1.807) is 40.9 Å². The first-order valence-corrected chi connectivity index (χ1v) is 10.0. The highest BCUT2D eigenvalue weighted by Gasteiger charge is 2.18. The van der Waals surface area contributed by atoms with Gasteiger partial charge in [0.1, 0.15) is 5.82 Å². The van der Waals surface area contributed by atoms with Gasteiger partial charge >= 0.3 is 7.12 Å². The van der Waals surface area contributed by atoms with Crippen LogP contribution in [0.15, 0.2) is 48.7 Å². The van der Waals surface area contributed by atoms with Crippen LogP contribution in [0.1, 0.15) is 41.4 Å². The monoisotopic (exact) mass is 431 g/mol. The van der Waals surface area contributed by atoms with Gasteiger partial charge in [-0.3, -0.25) is 9.20 Å². The van der Waals surface area contributed by atoms with Crippen molar-refractivity contribution < 1.29 is 14.8 Å². The van der Waals surface area contributed by atoms with Gasteiger partial charge in [0, 0.05) is 24.5 Å². The van der Waals surface area contributed by atoms with E-state index in [2.05, 4.69) is 25.5 Å². The number of aromatic nitrogens is 5. The third-order valence-electron chi connectivity index (χ3n) is 4.96. The minimum absolute atomic E-state index is 0.130. The molecule has 4 aromatic rings. The molecule has 0 aliphatic rings. The molecule has 32 heavy (non-hydrogen) atoms. The van der Waals surface area contributed by atoms with Crippen molar-refractivity contribution >= 4 is 30.0 Å². The van der Waals surface area contributed by atoms with Crippen molar-refractivity contribution in [1.82, 2.24) is 24.6 Å². The van der Waals surface area contributed by atoms with E-state index in [1.807, 2.05) is 26.0 Å². The van der Waals surface area contributed by atoms with Crippen molar-refractivity contribution in [2.24, 2.45) is 5.73 Å². The van der Waals surface area contributed by atoms with Crippen molar-refractivity contribution in [1.29, 1.82) is 0 Å². The molecule has 0 bridgehead atoms. The zero-order chi connectivity index (χ0) is 22.8. The maximum Gasteiger partial charge on any atom is 0.488 e. The fraction of sp³-hybridized carbons (Fsp3) is 0.190. The molecular weight excluding hydrogens is 409 g/mol. The van der Waals surface area contributed by atoms with Gasteiger partial charge in [-0.2, -0.15) is 0 Å². The van der Waals surface area contributed by atoms with Gasteiger partial charge in [0.25, 0.3) is 5.91 Å². The van der Waals surface area contributed by atoms with E-state index in [-0.39, 0.29) is 11.5 Å². The summed E-state index contributed by atoms with van der Waals surface area (Å²) in [5.41, 5.74) is 8.12. The molecule has 4 rings (SSSR count). The molecule has 0 unspecified atom stereocenters. The van der Waals surface area contributed by atoms with Crippen LogP contribution in [0.4, 0.5) is 5.82 Å². The first-order chi connectivity index (χ1) is 15.3. The molecule has 0 atom stereocenters. The summed E-state index contributed by atoms with van der Waals surface area (Å²) in [5, 5.41) is 30.3. The Morgan fingerprint density at radius 1 is 1.16 bits per heavy atom. The molecule has 0 aliphatic carbocycles. The van der Waals surface area contributed by atoms with E-state index in [4.69, 9.17) is 5.73 Å². The van der Waals surface area contributed by atoms with Crippen LogP contribution in [0.5, 0.6) is 0 Å². The summed E-state index contributed by atoms with van der Waals surface area (Å²) in [6.45, 7) is 4.46. The lowest BCUT2D eigenvalue weighted by Crippen LogP contribution is -2.30. The van der Waals surface area contributed by atoms with Crippen LogP contribution in [-0.4, -0.2) is 47.6 Å². The number of rotatable bonds is 7. The van der Waals surface area contributed by atoms with Crippen molar-refractivity contribution in [3.8, 4) is 11.6 Å². The molecule has 10 nitrogen and oxygen atoms in total. The molecule has 0 saturated heterocycles. The lowest BCUT2D eigenvalue weighted by molar-refractivity contribution is 0.100. The number of amides is 1.